The minimum Gasteiger partial charge on any atom is -0.344 e. The molecule has 1 aromatic heterocycles. The maximum Gasteiger partial charge on any atom is 0.0626 e. The Morgan fingerprint density at radius 3 is 2.93 bits per heavy atom. The fraction of sp³-hybridized carbons (Fsp3) is 0.333. The van der Waals surface area contributed by atoms with Gasteiger partial charge in [-0.3, -0.25) is 0 Å². The molecule has 0 unspecified atom stereocenters. The first-order valence-corrected chi connectivity index (χ1v) is 5.98. The Labute approximate surface area is 98.2 Å². The summed E-state index contributed by atoms with van der Waals surface area (Å²) in [5.74, 6) is 0. The number of halogens is 1. The van der Waals surface area contributed by atoms with Crippen LogP contribution in [0, 0.1) is 6.92 Å². The molecule has 3 heteroatoms. The molecular weight excluding hydrogens is 252 g/mol. The second-order valence-corrected chi connectivity index (χ2v) is 4.61. The lowest BCUT2D eigenvalue weighted by Gasteiger charge is -2.08. The van der Waals surface area contributed by atoms with E-state index in [2.05, 4.69) is 51.7 Å². The number of nitrogens with zero attached hydrogens (tertiary/aromatic N) is 1. The summed E-state index contributed by atoms with van der Waals surface area (Å²) in [4.78, 5) is 0. The van der Waals surface area contributed by atoms with Crippen LogP contribution >= 0.6 is 15.9 Å². The summed E-state index contributed by atoms with van der Waals surface area (Å²) < 4.78 is 3.48. The first-order chi connectivity index (χ1) is 7.24. The zero-order valence-electron chi connectivity index (χ0n) is 8.83. The number of rotatable bonds is 3. The Kier molecular flexibility index (Phi) is 3.12. The van der Waals surface area contributed by atoms with E-state index in [1.165, 1.54) is 16.6 Å². The fourth-order valence-electron chi connectivity index (χ4n) is 1.95. The summed E-state index contributed by atoms with van der Waals surface area (Å²) in [6.07, 6.45) is 1.02. The molecule has 1 aromatic carbocycles. The van der Waals surface area contributed by atoms with Crippen LogP contribution in [0.25, 0.3) is 10.9 Å². The summed E-state index contributed by atoms with van der Waals surface area (Å²) in [6.45, 7) is 3.88. The van der Waals surface area contributed by atoms with Crippen molar-refractivity contribution in [1.29, 1.82) is 0 Å². The van der Waals surface area contributed by atoms with Crippen LogP contribution in [-0.4, -0.2) is 11.1 Å². The minimum absolute atomic E-state index is 0.740. The van der Waals surface area contributed by atoms with E-state index in [0.29, 0.717) is 0 Å². The molecule has 0 spiro atoms. The number of hydrogen-bond donors (Lipinski definition) is 1. The van der Waals surface area contributed by atoms with E-state index in [-0.39, 0.29) is 0 Å². The van der Waals surface area contributed by atoms with Crippen LogP contribution < -0.4 is 5.73 Å². The zero-order chi connectivity index (χ0) is 10.8. The van der Waals surface area contributed by atoms with Gasteiger partial charge in [-0.25, -0.2) is 0 Å². The quantitative estimate of drug-likeness (QED) is 0.910. The minimum atomic E-state index is 0.740. The van der Waals surface area contributed by atoms with Crippen molar-refractivity contribution in [3.05, 3.63) is 34.4 Å². The molecule has 0 saturated carbocycles. The standard InChI is InChI=1S/C12H15BrN2/c1-9-8-10-4-2-5-11(13)12(10)15(9)7-3-6-14/h2,4-5,8H,3,6-7,14H2,1H3. The second-order valence-electron chi connectivity index (χ2n) is 3.76. The lowest BCUT2D eigenvalue weighted by molar-refractivity contribution is 0.656. The van der Waals surface area contributed by atoms with Crippen molar-refractivity contribution in [1.82, 2.24) is 4.57 Å². The van der Waals surface area contributed by atoms with E-state index in [4.69, 9.17) is 5.73 Å². The Morgan fingerprint density at radius 1 is 1.40 bits per heavy atom. The highest BCUT2D eigenvalue weighted by atomic mass is 79.9. The monoisotopic (exact) mass is 266 g/mol. The van der Waals surface area contributed by atoms with Crippen LogP contribution in [0.15, 0.2) is 28.7 Å². The first kappa shape index (κ1) is 10.7. The van der Waals surface area contributed by atoms with E-state index in [1.807, 2.05) is 0 Å². The average Bonchev–Trinajstić information content (AvgIpc) is 2.53. The molecule has 0 bridgehead atoms. The second kappa shape index (κ2) is 4.37. The molecule has 0 radical (unpaired) electrons. The molecule has 0 amide bonds. The van der Waals surface area contributed by atoms with E-state index < -0.39 is 0 Å². The van der Waals surface area contributed by atoms with Crippen molar-refractivity contribution in [2.45, 2.75) is 19.9 Å². The van der Waals surface area contributed by atoms with Crippen molar-refractivity contribution in [3.8, 4) is 0 Å². The van der Waals surface area contributed by atoms with E-state index >= 15 is 0 Å². The van der Waals surface area contributed by atoms with Crippen LogP contribution in [-0.2, 0) is 6.54 Å². The van der Waals surface area contributed by atoms with Crippen molar-refractivity contribution >= 4 is 26.8 Å². The summed E-state index contributed by atoms with van der Waals surface area (Å²) in [7, 11) is 0. The Morgan fingerprint density at radius 2 is 2.20 bits per heavy atom. The van der Waals surface area contributed by atoms with Crippen molar-refractivity contribution < 1.29 is 0 Å². The molecule has 15 heavy (non-hydrogen) atoms. The van der Waals surface area contributed by atoms with Crippen molar-refractivity contribution in [2.75, 3.05) is 6.54 Å². The zero-order valence-corrected chi connectivity index (χ0v) is 10.4. The van der Waals surface area contributed by atoms with Gasteiger partial charge in [-0.15, -0.1) is 0 Å². The number of aryl methyl sites for hydroxylation is 2. The first-order valence-electron chi connectivity index (χ1n) is 5.18. The molecule has 0 atom stereocenters. The third-order valence-corrected chi connectivity index (χ3v) is 3.30. The summed E-state index contributed by atoms with van der Waals surface area (Å²) in [6, 6.07) is 8.52. The van der Waals surface area contributed by atoms with Gasteiger partial charge in [0.05, 0.1) is 5.52 Å². The lowest BCUT2D eigenvalue weighted by Crippen LogP contribution is -2.06. The number of para-hydroxylation sites is 1. The van der Waals surface area contributed by atoms with E-state index in [1.54, 1.807) is 0 Å². The molecule has 0 aliphatic heterocycles. The van der Waals surface area contributed by atoms with Gasteiger partial charge in [-0.1, -0.05) is 12.1 Å². The number of hydrogen-bond acceptors (Lipinski definition) is 1. The number of nitrogens with two attached hydrogens (primary N) is 1. The van der Waals surface area contributed by atoms with Crippen molar-refractivity contribution in [3.63, 3.8) is 0 Å². The predicted octanol–water partition coefficient (Wildman–Crippen LogP) is 3.06. The molecule has 0 aliphatic carbocycles. The van der Waals surface area contributed by atoms with Gasteiger partial charge in [0.1, 0.15) is 0 Å². The third kappa shape index (κ3) is 1.94. The van der Waals surface area contributed by atoms with Crippen LogP contribution in [0.3, 0.4) is 0 Å². The van der Waals surface area contributed by atoms with Gasteiger partial charge in [0.2, 0.25) is 0 Å². The van der Waals surface area contributed by atoms with E-state index in [9.17, 15) is 0 Å². The summed E-state index contributed by atoms with van der Waals surface area (Å²) in [5.41, 5.74) is 8.13. The van der Waals surface area contributed by atoms with Gasteiger partial charge >= 0.3 is 0 Å². The topological polar surface area (TPSA) is 30.9 Å². The summed E-state index contributed by atoms with van der Waals surface area (Å²) >= 11 is 3.60. The van der Waals surface area contributed by atoms with Gasteiger partial charge in [0.15, 0.2) is 0 Å². The highest BCUT2D eigenvalue weighted by Crippen LogP contribution is 2.27. The van der Waals surface area contributed by atoms with Gasteiger partial charge in [-0.2, -0.15) is 0 Å². The van der Waals surface area contributed by atoms with Gasteiger partial charge in [-0.05, 0) is 48.0 Å². The average molecular weight is 267 g/mol. The number of fused-ring (bicyclic) bond motifs is 1. The molecule has 0 fully saturated rings. The van der Waals surface area contributed by atoms with Crippen molar-refractivity contribution in [2.24, 2.45) is 5.73 Å². The largest absolute Gasteiger partial charge is 0.344 e. The summed E-state index contributed by atoms with van der Waals surface area (Å²) in [5, 5.41) is 1.29. The highest BCUT2D eigenvalue weighted by Gasteiger charge is 2.07. The number of aromatic nitrogens is 1. The van der Waals surface area contributed by atoms with Crippen LogP contribution in [0.1, 0.15) is 12.1 Å². The molecular formula is C12H15BrN2. The maximum absolute atomic E-state index is 5.55. The van der Waals surface area contributed by atoms with Crippen LogP contribution in [0.2, 0.25) is 0 Å². The fourth-order valence-corrected chi connectivity index (χ4v) is 2.55. The van der Waals surface area contributed by atoms with Crippen LogP contribution in [0.5, 0.6) is 0 Å². The normalized spacial score (nSPS) is 11.1. The molecule has 0 aliphatic rings. The third-order valence-electron chi connectivity index (χ3n) is 2.66. The molecule has 0 saturated heterocycles. The van der Waals surface area contributed by atoms with E-state index in [0.717, 1.165) is 24.0 Å². The highest BCUT2D eigenvalue weighted by molar-refractivity contribution is 9.10. The maximum atomic E-state index is 5.55. The number of benzene rings is 1. The molecule has 2 nitrogen and oxygen atoms in total. The molecule has 2 aromatic rings. The molecule has 2 N–H and O–H groups in total. The van der Waals surface area contributed by atoms with Crippen LogP contribution in [0.4, 0.5) is 0 Å². The SMILES string of the molecule is Cc1cc2cccc(Br)c2n1CCCN. The molecule has 2 rings (SSSR count). The molecule has 1 heterocycles. The van der Waals surface area contributed by atoms with Gasteiger partial charge < -0.3 is 10.3 Å². The Bertz CT molecular complexity index is 474. The predicted molar refractivity (Wildman–Crippen MR) is 68.0 cm³/mol. The molecule has 80 valence electrons. The lowest BCUT2D eigenvalue weighted by atomic mass is 10.2. The Balaban J connectivity index is 2.55. The Hall–Kier alpha value is -0.800. The smallest absolute Gasteiger partial charge is 0.0626 e. The van der Waals surface area contributed by atoms with Gasteiger partial charge in [0, 0.05) is 22.1 Å². The van der Waals surface area contributed by atoms with Gasteiger partial charge in [0.25, 0.3) is 0 Å².